The van der Waals surface area contributed by atoms with Crippen molar-refractivity contribution in [2.75, 3.05) is 19.8 Å². The van der Waals surface area contributed by atoms with E-state index in [0.717, 1.165) is 38.5 Å². The van der Waals surface area contributed by atoms with Gasteiger partial charge in [0.05, 0.1) is 0 Å². The van der Waals surface area contributed by atoms with Crippen LogP contribution in [0.3, 0.4) is 0 Å². The van der Waals surface area contributed by atoms with E-state index in [0.29, 0.717) is 19.8 Å². The second-order valence-electron chi connectivity index (χ2n) is 3.23. The second-order valence-corrected chi connectivity index (χ2v) is 3.23. The fraction of sp³-hybridized carbons (Fsp3) is 1.00. The normalized spacial score (nSPS) is 7.88. The predicted octanol–water partition coefficient (Wildman–Crippen LogP) is 2.33. The molecule has 0 saturated heterocycles. The molecule has 0 rings (SSSR count). The summed E-state index contributed by atoms with van der Waals surface area (Å²) >= 11 is 0. The Bertz CT molecular complexity index is 53.0. The number of hydrogen-bond acceptors (Lipinski definition) is 3. The van der Waals surface area contributed by atoms with Crippen LogP contribution in [-0.4, -0.2) is 35.1 Å². The quantitative estimate of drug-likeness (QED) is 0.649. The van der Waals surface area contributed by atoms with Crippen molar-refractivity contribution >= 4 is 0 Å². The van der Waals surface area contributed by atoms with E-state index in [9.17, 15) is 0 Å². The summed E-state index contributed by atoms with van der Waals surface area (Å²) in [6.45, 7) is 7.19. The van der Waals surface area contributed by atoms with E-state index in [1.807, 2.05) is 0 Å². The van der Waals surface area contributed by atoms with Crippen molar-refractivity contribution in [1.82, 2.24) is 0 Å². The first-order chi connectivity index (χ1) is 7.24. The molecule has 0 fully saturated rings. The maximum atomic E-state index is 8.07. The molecule has 0 aliphatic heterocycles. The molecule has 0 amide bonds. The summed E-state index contributed by atoms with van der Waals surface area (Å²) in [7, 11) is 0. The van der Waals surface area contributed by atoms with Crippen LogP contribution in [0.1, 0.15) is 59.3 Å². The summed E-state index contributed by atoms with van der Waals surface area (Å²) in [4.78, 5) is 0. The molecule has 0 aliphatic rings. The van der Waals surface area contributed by atoms with Crippen LogP contribution in [0.15, 0.2) is 0 Å². The smallest absolute Gasteiger partial charge is 0.0430 e. The second kappa shape index (κ2) is 36.1. The van der Waals surface area contributed by atoms with E-state index < -0.39 is 0 Å². The summed E-state index contributed by atoms with van der Waals surface area (Å²) in [6, 6.07) is 0. The van der Waals surface area contributed by atoms with Crippen LogP contribution in [0.5, 0.6) is 0 Å². The van der Waals surface area contributed by atoms with Crippen molar-refractivity contribution in [3.8, 4) is 0 Å². The summed E-state index contributed by atoms with van der Waals surface area (Å²) in [6.07, 6.45) is 6.11. The van der Waals surface area contributed by atoms with Crippen LogP contribution < -0.4 is 0 Å². The van der Waals surface area contributed by atoms with Crippen LogP contribution in [0, 0.1) is 0 Å². The minimum atomic E-state index is 0. The molecular weight excluding hydrogens is 240 g/mol. The van der Waals surface area contributed by atoms with Crippen LogP contribution in [0.4, 0.5) is 0 Å². The SMILES string of the molecule is CCCCO.CCCCO.CCCCO.[Ti]. The molecule has 0 atom stereocenters. The zero-order chi connectivity index (χ0) is 12.4. The monoisotopic (exact) mass is 270 g/mol. The molecule has 0 aromatic rings. The van der Waals surface area contributed by atoms with Crippen molar-refractivity contribution in [2.24, 2.45) is 0 Å². The Morgan fingerprint density at radius 3 is 0.750 bits per heavy atom. The van der Waals surface area contributed by atoms with Crippen molar-refractivity contribution in [1.29, 1.82) is 0 Å². The fourth-order valence-corrected chi connectivity index (χ4v) is 0.474. The molecule has 0 bridgehead atoms. The predicted molar refractivity (Wildman–Crippen MR) is 66.0 cm³/mol. The minimum absolute atomic E-state index is 0. The maximum absolute atomic E-state index is 8.07. The third kappa shape index (κ3) is 62.0. The van der Waals surface area contributed by atoms with Gasteiger partial charge in [-0.1, -0.05) is 40.0 Å². The van der Waals surface area contributed by atoms with Crippen LogP contribution in [0.2, 0.25) is 0 Å². The van der Waals surface area contributed by atoms with E-state index in [1.54, 1.807) is 0 Å². The van der Waals surface area contributed by atoms with Crippen molar-refractivity contribution < 1.29 is 37.0 Å². The zero-order valence-electron chi connectivity index (χ0n) is 11.2. The van der Waals surface area contributed by atoms with Gasteiger partial charge in [-0.2, -0.15) is 0 Å². The molecule has 16 heavy (non-hydrogen) atoms. The van der Waals surface area contributed by atoms with Gasteiger partial charge in [-0.15, -0.1) is 0 Å². The number of aliphatic hydroxyl groups excluding tert-OH is 3. The first-order valence-corrected chi connectivity index (χ1v) is 6.07. The number of hydrogen-bond donors (Lipinski definition) is 3. The minimum Gasteiger partial charge on any atom is -0.396 e. The van der Waals surface area contributed by atoms with Gasteiger partial charge in [0.1, 0.15) is 0 Å². The van der Waals surface area contributed by atoms with E-state index in [4.69, 9.17) is 15.3 Å². The first-order valence-electron chi connectivity index (χ1n) is 6.07. The average Bonchev–Trinajstić information content (AvgIpc) is 2.23. The number of rotatable bonds is 6. The van der Waals surface area contributed by atoms with Crippen molar-refractivity contribution in [3.05, 3.63) is 0 Å². The molecule has 100 valence electrons. The maximum Gasteiger partial charge on any atom is 0.0430 e. The average molecular weight is 270 g/mol. The van der Waals surface area contributed by atoms with Gasteiger partial charge in [-0.3, -0.25) is 0 Å². The van der Waals surface area contributed by atoms with Crippen LogP contribution in [0.25, 0.3) is 0 Å². The molecule has 0 saturated carbocycles. The Hall–Kier alpha value is 0.594. The van der Waals surface area contributed by atoms with Gasteiger partial charge in [-0.05, 0) is 19.3 Å². The van der Waals surface area contributed by atoms with Gasteiger partial charge in [0, 0.05) is 41.5 Å². The molecular formula is C12H30O3Ti. The summed E-state index contributed by atoms with van der Waals surface area (Å²) < 4.78 is 0. The molecule has 0 heterocycles. The largest absolute Gasteiger partial charge is 0.396 e. The number of aliphatic hydroxyl groups is 3. The van der Waals surface area contributed by atoms with E-state index in [2.05, 4.69) is 20.8 Å². The molecule has 0 aromatic heterocycles. The Balaban J connectivity index is -0.0000000655. The molecule has 0 spiro atoms. The van der Waals surface area contributed by atoms with Crippen LogP contribution in [-0.2, 0) is 21.7 Å². The topological polar surface area (TPSA) is 60.7 Å². The van der Waals surface area contributed by atoms with Crippen molar-refractivity contribution in [2.45, 2.75) is 59.3 Å². The molecule has 4 heteroatoms. The Kier molecular flexibility index (Phi) is 57.4. The molecule has 3 nitrogen and oxygen atoms in total. The summed E-state index contributed by atoms with van der Waals surface area (Å²) in [5, 5.41) is 24.2. The first kappa shape index (κ1) is 25.4. The van der Waals surface area contributed by atoms with E-state index in [1.165, 1.54) is 0 Å². The number of unbranched alkanes of at least 4 members (excludes halogenated alkanes) is 3. The molecule has 0 radical (unpaired) electrons. The molecule has 3 N–H and O–H groups in total. The van der Waals surface area contributed by atoms with Gasteiger partial charge in [0.2, 0.25) is 0 Å². The van der Waals surface area contributed by atoms with Gasteiger partial charge in [0.25, 0.3) is 0 Å². The fourth-order valence-electron chi connectivity index (χ4n) is 0.474. The van der Waals surface area contributed by atoms with E-state index in [-0.39, 0.29) is 21.7 Å². The van der Waals surface area contributed by atoms with Gasteiger partial charge in [0.15, 0.2) is 0 Å². The summed E-state index contributed by atoms with van der Waals surface area (Å²) in [5.41, 5.74) is 0. The van der Waals surface area contributed by atoms with Crippen molar-refractivity contribution in [3.63, 3.8) is 0 Å². The standard InChI is InChI=1S/3C4H10O.Ti/c3*1-2-3-4-5;/h3*5H,2-4H2,1H3;. The summed E-state index contributed by atoms with van der Waals surface area (Å²) in [5.74, 6) is 0. The van der Waals surface area contributed by atoms with Crippen LogP contribution >= 0.6 is 0 Å². The zero-order valence-corrected chi connectivity index (χ0v) is 12.8. The Morgan fingerprint density at radius 2 is 0.750 bits per heavy atom. The van der Waals surface area contributed by atoms with Gasteiger partial charge >= 0.3 is 0 Å². The molecule has 0 aliphatic carbocycles. The Labute approximate surface area is 116 Å². The Morgan fingerprint density at radius 1 is 0.562 bits per heavy atom. The molecule has 0 aromatic carbocycles. The van der Waals surface area contributed by atoms with Gasteiger partial charge in [-0.25, -0.2) is 0 Å². The third-order valence-electron chi connectivity index (χ3n) is 1.54. The third-order valence-corrected chi connectivity index (χ3v) is 1.54. The van der Waals surface area contributed by atoms with E-state index >= 15 is 0 Å². The molecule has 0 unspecified atom stereocenters. The van der Waals surface area contributed by atoms with Gasteiger partial charge < -0.3 is 15.3 Å².